The Hall–Kier alpha value is -1.23. The molecular formula is C40H71NO8. The van der Waals surface area contributed by atoms with Gasteiger partial charge in [0.2, 0.25) is 0 Å². The van der Waals surface area contributed by atoms with Crippen molar-refractivity contribution in [1.82, 2.24) is 5.32 Å². The second-order valence-electron chi connectivity index (χ2n) is 16.5. The molecule has 284 valence electrons. The summed E-state index contributed by atoms with van der Waals surface area (Å²) in [6.45, 7) is 15.7. The fraction of sp³-hybridized carbons (Fsp3) is 0.925. The number of ether oxygens (including phenoxy) is 5. The van der Waals surface area contributed by atoms with Crippen LogP contribution in [0.4, 0.5) is 4.79 Å². The normalized spacial score (nSPS) is 31.6. The maximum absolute atomic E-state index is 12.6. The maximum atomic E-state index is 12.6. The van der Waals surface area contributed by atoms with E-state index in [9.17, 15) is 4.79 Å². The summed E-state index contributed by atoms with van der Waals surface area (Å²) in [5.41, 5.74) is 2.33. The number of allylic oxidation sites excluding steroid dienone is 1. The van der Waals surface area contributed by atoms with E-state index < -0.39 is 6.10 Å². The lowest BCUT2D eigenvalue weighted by Crippen LogP contribution is -2.51. The molecule has 1 amide bonds. The molecule has 9 nitrogen and oxygen atoms in total. The lowest BCUT2D eigenvalue weighted by atomic mass is 9.47. The van der Waals surface area contributed by atoms with Crippen molar-refractivity contribution in [2.45, 2.75) is 124 Å². The molecule has 8 atom stereocenters. The summed E-state index contributed by atoms with van der Waals surface area (Å²) in [5.74, 6) is 5.01. The molecule has 4 aliphatic rings. The largest absolute Gasteiger partial charge is 0.446 e. The fourth-order valence-corrected chi connectivity index (χ4v) is 10.3. The van der Waals surface area contributed by atoms with Crippen molar-refractivity contribution in [3.05, 3.63) is 11.6 Å². The van der Waals surface area contributed by atoms with Crippen LogP contribution in [0.5, 0.6) is 0 Å². The number of nitrogens with one attached hydrogen (secondary N) is 1. The molecule has 0 aromatic rings. The van der Waals surface area contributed by atoms with Crippen molar-refractivity contribution < 1.29 is 38.7 Å². The summed E-state index contributed by atoms with van der Waals surface area (Å²) >= 11 is 0. The van der Waals surface area contributed by atoms with Gasteiger partial charge in [0.05, 0.1) is 52.9 Å². The molecule has 9 heteroatoms. The summed E-state index contributed by atoms with van der Waals surface area (Å²) in [6.07, 6.45) is 16.4. The van der Waals surface area contributed by atoms with Crippen molar-refractivity contribution >= 4 is 6.09 Å². The summed E-state index contributed by atoms with van der Waals surface area (Å²) < 4.78 is 27.7. The standard InChI is InChI=1S/C40H71NO8/c1-29(2)8-6-9-30(3)35-12-13-36-34-11-10-31-26-32(14-16-39(31,4)37(34)15-17-40(35,36)5)49-38(44)41-18-7-19-45-20-21-46-22-23-47-24-25-48-33(27-42)28-43/h10,29-30,32-37,42-43H,6-9,11-28H2,1-5H3,(H,41,44)/t30?,32-,34?,35+,36-,37-,39-,40+/m0/s1. The van der Waals surface area contributed by atoms with Gasteiger partial charge in [0.25, 0.3) is 0 Å². The third-order valence-electron chi connectivity index (χ3n) is 13.0. The van der Waals surface area contributed by atoms with E-state index in [4.69, 9.17) is 33.9 Å². The lowest BCUT2D eigenvalue weighted by molar-refractivity contribution is -0.0581. The van der Waals surface area contributed by atoms with Crippen molar-refractivity contribution in [3.8, 4) is 0 Å². The SMILES string of the molecule is CC(C)CCCC(C)[C@H]1CC[C@H]2C3CC=C4C[C@@H](OC(=O)NCCCOCCOCCOCCOC(CO)CO)CC[C@]4(C)[C@H]3CC[C@]12C. The van der Waals surface area contributed by atoms with E-state index in [-0.39, 0.29) is 30.8 Å². The molecular weight excluding hydrogens is 622 g/mol. The third kappa shape index (κ3) is 11.1. The van der Waals surface area contributed by atoms with E-state index in [2.05, 4.69) is 46.0 Å². The first kappa shape index (κ1) is 40.5. The zero-order valence-electron chi connectivity index (χ0n) is 31.6. The maximum Gasteiger partial charge on any atom is 0.407 e. The van der Waals surface area contributed by atoms with E-state index in [0.29, 0.717) is 58.2 Å². The average molecular weight is 694 g/mol. The average Bonchev–Trinajstić information content (AvgIpc) is 3.44. The Morgan fingerprint density at radius 2 is 1.55 bits per heavy atom. The van der Waals surface area contributed by atoms with E-state index in [1.807, 2.05) is 0 Å². The molecule has 3 N–H and O–H groups in total. The topological polar surface area (TPSA) is 116 Å². The monoisotopic (exact) mass is 694 g/mol. The van der Waals surface area contributed by atoms with Crippen molar-refractivity contribution in [2.75, 3.05) is 66.0 Å². The Kier molecular flexibility index (Phi) is 16.7. The first-order valence-corrected chi connectivity index (χ1v) is 19.8. The molecule has 0 bridgehead atoms. The molecule has 2 unspecified atom stereocenters. The molecule has 0 aromatic carbocycles. The van der Waals surface area contributed by atoms with Gasteiger partial charge in [-0.1, -0.05) is 65.5 Å². The number of carbonyl (C=O) groups excluding carboxylic acids is 1. The van der Waals surface area contributed by atoms with Crippen LogP contribution in [-0.2, 0) is 23.7 Å². The minimum absolute atomic E-state index is 0.0322. The number of fused-ring (bicyclic) bond motifs is 5. The quantitative estimate of drug-likeness (QED) is 0.0826. The molecule has 4 aliphatic carbocycles. The van der Waals surface area contributed by atoms with Gasteiger partial charge in [0.15, 0.2) is 0 Å². The summed E-state index contributed by atoms with van der Waals surface area (Å²) in [6, 6.07) is 0. The Morgan fingerprint density at radius 1 is 0.857 bits per heavy atom. The highest BCUT2D eigenvalue weighted by Crippen LogP contribution is 2.67. The van der Waals surface area contributed by atoms with Crippen LogP contribution in [-0.4, -0.2) is 94.5 Å². The molecule has 3 fully saturated rings. The van der Waals surface area contributed by atoms with Gasteiger partial charge in [0.1, 0.15) is 12.2 Å². The van der Waals surface area contributed by atoms with Gasteiger partial charge < -0.3 is 39.2 Å². The molecule has 0 heterocycles. The smallest absolute Gasteiger partial charge is 0.407 e. The van der Waals surface area contributed by atoms with Crippen LogP contribution in [0.2, 0.25) is 0 Å². The second-order valence-corrected chi connectivity index (χ2v) is 16.5. The summed E-state index contributed by atoms with van der Waals surface area (Å²) in [7, 11) is 0. The number of amides is 1. The number of hydrogen-bond acceptors (Lipinski definition) is 8. The van der Waals surface area contributed by atoms with Gasteiger partial charge in [0, 0.05) is 19.6 Å². The molecule has 0 radical (unpaired) electrons. The van der Waals surface area contributed by atoms with Gasteiger partial charge in [-0.3, -0.25) is 0 Å². The first-order valence-electron chi connectivity index (χ1n) is 19.8. The highest BCUT2D eigenvalue weighted by atomic mass is 16.6. The van der Waals surface area contributed by atoms with Gasteiger partial charge >= 0.3 is 6.09 Å². The van der Waals surface area contributed by atoms with Crippen LogP contribution in [0.3, 0.4) is 0 Å². The van der Waals surface area contributed by atoms with Gasteiger partial charge in [-0.15, -0.1) is 0 Å². The van der Waals surface area contributed by atoms with Crippen molar-refractivity contribution in [1.29, 1.82) is 0 Å². The van der Waals surface area contributed by atoms with E-state index in [0.717, 1.165) is 61.2 Å². The predicted octanol–water partition coefficient (Wildman–Crippen LogP) is 6.93. The highest BCUT2D eigenvalue weighted by molar-refractivity contribution is 5.67. The van der Waals surface area contributed by atoms with Crippen molar-refractivity contribution in [2.24, 2.45) is 46.3 Å². The second kappa shape index (κ2) is 20.1. The number of aliphatic hydroxyl groups excluding tert-OH is 2. The van der Waals surface area contributed by atoms with E-state index in [1.54, 1.807) is 5.57 Å². The minimum atomic E-state index is -0.554. The molecule has 3 saturated carbocycles. The van der Waals surface area contributed by atoms with Gasteiger partial charge in [-0.25, -0.2) is 4.79 Å². The molecule has 0 spiro atoms. The molecule has 4 rings (SSSR count). The zero-order chi connectivity index (χ0) is 35.3. The first-order chi connectivity index (χ1) is 23.6. The van der Waals surface area contributed by atoms with Crippen molar-refractivity contribution in [3.63, 3.8) is 0 Å². The summed E-state index contributed by atoms with van der Waals surface area (Å²) in [4.78, 5) is 12.6. The minimum Gasteiger partial charge on any atom is -0.446 e. The van der Waals surface area contributed by atoms with Crippen LogP contribution in [0.25, 0.3) is 0 Å². The number of hydrogen-bond donors (Lipinski definition) is 3. The Bertz CT molecular complexity index is 1000. The zero-order valence-corrected chi connectivity index (χ0v) is 31.6. The van der Waals surface area contributed by atoms with E-state index in [1.165, 1.54) is 51.4 Å². The number of rotatable bonds is 22. The molecule has 49 heavy (non-hydrogen) atoms. The van der Waals surface area contributed by atoms with Gasteiger partial charge in [-0.2, -0.15) is 0 Å². The number of aliphatic hydroxyl groups is 2. The highest BCUT2D eigenvalue weighted by Gasteiger charge is 2.59. The predicted molar refractivity (Wildman–Crippen MR) is 192 cm³/mol. The lowest BCUT2D eigenvalue weighted by Gasteiger charge is -2.58. The van der Waals surface area contributed by atoms with Crippen LogP contribution in [0, 0.1) is 46.3 Å². The molecule has 0 aliphatic heterocycles. The van der Waals surface area contributed by atoms with Gasteiger partial charge in [-0.05, 0) is 97.7 Å². The van der Waals surface area contributed by atoms with Crippen LogP contribution in [0.1, 0.15) is 112 Å². The Balaban J connectivity index is 1.08. The fourth-order valence-electron chi connectivity index (χ4n) is 10.3. The third-order valence-corrected chi connectivity index (χ3v) is 13.0. The van der Waals surface area contributed by atoms with E-state index >= 15 is 0 Å². The molecule has 0 saturated heterocycles. The summed E-state index contributed by atoms with van der Waals surface area (Å²) in [5, 5.41) is 20.8. The van der Waals surface area contributed by atoms with Crippen LogP contribution < -0.4 is 5.32 Å². The number of carbonyl (C=O) groups is 1. The molecule has 0 aromatic heterocycles. The van der Waals surface area contributed by atoms with Crippen LogP contribution >= 0.6 is 0 Å². The Labute approximate surface area is 297 Å². The van der Waals surface area contributed by atoms with Crippen LogP contribution in [0.15, 0.2) is 11.6 Å². The Morgan fingerprint density at radius 3 is 2.24 bits per heavy atom. The number of alkyl carbamates (subject to hydrolysis) is 1.